The maximum absolute atomic E-state index is 12.3. The Morgan fingerprint density at radius 2 is 2.05 bits per heavy atom. The van der Waals surface area contributed by atoms with Gasteiger partial charge >= 0.3 is 0 Å². The van der Waals surface area contributed by atoms with E-state index in [0.29, 0.717) is 11.3 Å². The van der Waals surface area contributed by atoms with E-state index in [9.17, 15) is 9.59 Å². The highest BCUT2D eigenvalue weighted by Crippen LogP contribution is 2.22. The summed E-state index contributed by atoms with van der Waals surface area (Å²) in [4.78, 5) is 24.0. The molecule has 0 bridgehead atoms. The number of aromatic amines is 1. The Morgan fingerprint density at radius 3 is 2.79 bits per heavy atom. The maximum atomic E-state index is 12.3. The van der Waals surface area contributed by atoms with E-state index in [1.165, 1.54) is 17.2 Å². The lowest BCUT2D eigenvalue weighted by atomic mass is 10.1. The first-order chi connectivity index (χ1) is 9.19. The van der Waals surface area contributed by atoms with Crippen LogP contribution in [0.1, 0.15) is 33.6 Å². The van der Waals surface area contributed by atoms with Crippen LogP contribution in [0.2, 0.25) is 0 Å². The summed E-state index contributed by atoms with van der Waals surface area (Å²) >= 11 is 0. The van der Waals surface area contributed by atoms with Gasteiger partial charge in [-0.1, -0.05) is 6.07 Å². The number of aryl methyl sites for hydroxylation is 2. The lowest BCUT2D eigenvalue weighted by Crippen LogP contribution is -2.25. The van der Waals surface area contributed by atoms with Gasteiger partial charge in [-0.05, 0) is 42.5 Å². The molecular weight excluding hydrogens is 242 g/mol. The van der Waals surface area contributed by atoms with Crippen LogP contribution in [0, 0.1) is 0 Å². The van der Waals surface area contributed by atoms with Gasteiger partial charge in [0.2, 0.25) is 0 Å². The first-order valence-corrected chi connectivity index (χ1v) is 6.36. The largest absolute Gasteiger partial charge is 0.325 e. The normalized spacial score (nSPS) is 13.5. The smallest absolute Gasteiger partial charge is 0.279 e. The molecule has 1 heterocycles. The van der Waals surface area contributed by atoms with Gasteiger partial charge in [0, 0.05) is 18.2 Å². The van der Waals surface area contributed by atoms with Gasteiger partial charge in [-0.3, -0.25) is 14.7 Å². The number of aromatic nitrogens is 2. The van der Waals surface area contributed by atoms with Crippen molar-refractivity contribution in [3.63, 3.8) is 0 Å². The second kappa shape index (κ2) is 4.51. The third-order valence-corrected chi connectivity index (χ3v) is 3.54. The molecule has 0 saturated carbocycles. The van der Waals surface area contributed by atoms with Crippen LogP contribution in [0.3, 0.4) is 0 Å². The van der Waals surface area contributed by atoms with Crippen LogP contribution in [-0.4, -0.2) is 15.7 Å². The van der Waals surface area contributed by atoms with Gasteiger partial charge in [0.25, 0.3) is 11.5 Å². The van der Waals surface area contributed by atoms with Crippen LogP contribution >= 0.6 is 0 Å². The van der Waals surface area contributed by atoms with E-state index in [-0.39, 0.29) is 18.0 Å². The SMILES string of the molecule is NCc1cc(=O)n(C(=O)c2ccc3c(c2)CCC3)[nH]1. The van der Waals surface area contributed by atoms with Gasteiger partial charge < -0.3 is 5.73 Å². The van der Waals surface area contributed by atoms with E-state index in [1.807, 2.05) is 12.1 Å². The summed E-state index contributed by atoms with van der Waals surface area (Å²) in [6.45, 7) is 0.208. The van der Waals surface area contributed by atoms with E-state index >= 15 is 0 Å². The highest BCUT2D eigenvalue weighted by Gasteiger charge is 2.16. The van der Waals surface area contributed by atoms with E-state index in [0.717, 1.165) is 23.9 Å². The molecule has 0 aliphatic heterocycles. The molecule has 19 heavy (non-hydrogen) atoms. The van der Waals surface area contributed by atoms with Gasteiger partial charge in [-0.25, -0.2) is 0 Å². The molecule has 3 rings (SSSR count). The number of hydrogen-bond acceptors (Lipinski definition) is 3. The van der Waals surface area contributed by atoms with E-state index in [2.05, 4.69) is 5.10 Å². The summed E-state index contributed by atoms with van der Waals surface area (Å²) < 4.78 is 1.01. The number of hydrogen-bond donors (Lipinski definition) is 2. The van der Waals surface area contributed by atoms with Gasteiger partial charge in [0.05, 0.1) is 5.69 Å². The van der Waals surface area contributed by atoms with E-state index in [4.69, 9.17) is 5.73 Å². The van der Waals surface area contributed by atoms with Crippen LogP contribution in [0.25, 0.3) is 0 Å². The molecule has 3 N–H and O–H groups in total. The van der Waals surface area contributed by atoms with E-state index < -0.39 is 0 Å². The van der Waals surface area contributed by atoms with Gasteiger partial charge in [0.15, 0.2) is 0 Å². The zero-order valence-electron chi connectivity index (χ0n) is 10.5. The predicted octanol–water partition coefficient (Wildman–Crippen LogP) is 0.812. The predicted molar refractivity (Wildman–Crippen MR) is 71.1 cm³/mol. The van der Waals surface area contributed by atoms with Crippen molar-refractivity contribution in [3.05, 3.63) is 57.0 Å². The van der Waals surface area contributed by atoms with Gasteiger partial charge in [0.1, 0.15) is 0 Å². The highest BCUT2D eigenvalue weighted by atomic mass is 16.2. The molecule has 1 aromatic heterocycles. The Morgan fingerprint density at radius 1 is 1.26 bits per heavy atom. The summed E-state index contributed by atoms with van der Waals surface area (Å²) in [6, 6.07) is 7.00. The zero-order chi connectivity index (χ0) is 13.4. The second-order valence-corrected chi connectivity index (χ2v) is 4.80. The van der Waals surface area contributed by atoms with Crippen LogP contribution < -0.4 is 11.3 Å². The van der Waals surface area contributed by atoms with Crippen molar-refractivity contribution in [2.75, 3.05) is 0 Å². The lowest BCUT2D eigenvalue weighted by Gasteiger charge is -2.04. The van der Waals surface area contributed by atoms with Crippen molar-refractivity contribution >= 4 is 5.91 Å². The minimum Gasteiger partial charge on any atom is -0.325 e. The average Bonchev–Trinajstić information content (AvgIpc) is 3.02. The summed E-state index contributed by atoms with van der Waals surface area (Å²) in [7, 11) is 0. The molecule has 0 amide bonds. The number of nitrogens with one attached hydrogen (secondary N) is 1. The molecule has 1 aromatic carbocycles. The second-order valence-electron chi connectivity index (χ2n) is 4.80. The number of carbonyl (C=O) groups is 1. The van der Waals surface area contributed by atoms with Crippen LogP contribution in [0.4, 0.5) is 0 Å². The number of nitrogens with two attached hydrogens (primary N) is 1. The van der Waals surface area contributed by atoms with Gasteiger partial charge in [-0.2, -0.15) is 4.68 Å². The Bertz CT molecular complexity index is 697. The minimum atomic E-state index is -0.369. The standard InChI is InChI=1S/C14H15N3O2/c15-8-12-7-13(18)17(16-12)14(19)11-5-4-9-2-1-3-10(9)6-11/h4-7,16H,1-3,8,15H2. The van der Waals surface area contributed by atoms with Crippen molar-refractivity contribution in [3.8, 4) is 0 Å². The Labute approximate surface area is 110 Å². The minimum absolute atomic E-state index is 0.208. The third kappa shape index (κ3) is 2.02. The molecule has 0 spiro atoms. The summed E-state index contributed by atoms with van der Waals surface area (Å²) in [5.74, 6) is -0.334. The summed E-state index contributed by atoms with van der Waals surface area (Å²) in [5, 5.41) is 2.73. The fourth-order valence-electron chi connectivity index (χ4n) is 2.53. The van der Waals surface area contributed by atoms with Crippen molar-refractivity contribution in [2.45, 2.75) is 25.8 Å². The van der Waals surface area contributed by atoms with Crippen molar-refractivity contribution in [1.82, 2.24) is 9.78 Å². The molecular formula is C14H15N3O2. The van der Waals surface area contributed by atoms with Gasteiger partial charge in [-0.15, -0.1) is 0 Å². The van der Waals surface area contributed by atoms with Crippen molar-refractivity contribution in [1.29, 1.82) is 0 Å². The number of nitrogens with zero attached hydrogens (tertiary/aromatic N) is 1. The molecule has 1 aliphatic rings. The van der Waals surface area contributed by atoms with Crippen LogP contribution in [0.5, 0.6) is 0 Å². The number of rotatable bonds is 2. The molecule has 0 fully saturated rings. The number of benzene rings is 1. The molecule has 0 unspecified atom stereocenters. The Kier molecular flexibility index (Phi) is 2.83. The first kappa shape index (κ1) is 11.9. The Balaban J connectivity index is 1.99. The number of H-pyrrole nitrogens is 1. The average molecular weight is 257 g/mol. The number of fused-ring (bicyclic) bond motifs is 1. The van der Waals surface area contributed by atoms with E-state index in [1.54, 1.807) is 6.07 Å². The summed E-state index contributed by atoms with van der Waals surface area (Å²) in [5.41, 5.74) is 8.69. The first-order valence-electron chi connectivity index (χ1n) is 6.36. The maximum Gasteiger partial charge on any atom is 0.279 e. The highest BCUT2D eigenvalue weighted by molar-refractivity contribution is 5.95. The lowest BCUT2D eigenvalue weighted by molar-refractivity contribution is 0.0941. The fraction of sp³-hybridized carbons (Fsp3) is 0.286. The summed E-state index contributed by atoms with van der Waals surface area (Å²) in [6.07, 6.45) is 3.21. The molecule has 0 radical (unpaired) electrons. The fourth-order valence-corrected chi connectivity index (χ4v) is 2.53. The molecule has 0 saturated heterocycles. The zero-order valence-corrected chi connectivity index (χ0v) is 10.5. The molecule has 2 aromatic rings. The molecule has 98 valence electrons. The van der Waals surface area contributed by atoms with Crippen molar-refractivity contribution in [2.24, 2.45) is 5.73 Å². The number of carbonyl (C=O) groups excluding carboxylic acids is 1. The topological polar surface area (TPSA) is 80.9 Å². The molecule has 0 atom stereocenters. The van der Waals surface area contributed by atoms with Crippen molar-refractivity contribution < 1.29 is 4.79 Å². The molecule has 5 nitrogen and oxygen atoms in total. The molecule has 5 heteroatoms. The Hall–Kier alpha value is -2.14. The third-order valence-electron chi connectivity index (χ3n) is 3.54. The monoisotopic (exact) mass is 257 g/mol. The van der Waals surface area contributed by atoms with Crippen LogP contribution in [-0.2, 0) is 19.4 Å². The quantitative estimate of drug-likeness (QED) is 0.835. The molecule has 1 aliphatic carbocycles. The van der Waals surface area contributed by atoms with Crippen LogP contribution in [0.15, 0.2) is 29.1 Å².